The van der Waals surface area contributed by atoms with Gasteiger partial charge in [-0.05, 0) is 42.8 Å². The van der Waals surface area contributed by atoms with Crippen LogP contribution < -0.4 is 11.2 Å². The minimum absolute atomic E-state index is 0.00537. The monoisotopic (exact) mass is 443 g/mol. The molecule has 4 rings (SSSR count). The van der Waals surface area contributed by atoms with Crippen LogP contribution in [0, 0.1) is 12.7 Å². The molecule has 30 heavy (non-hydrogen) atoms. The summed E-state index contributed by atoms with van der Waals surface area (Å²) in [4.78, 5) is 26.1. The second-order valence-corrected chi connectivity index (χ2v) is 8.19. The van der Waals surface area contributed by atoms with Crippen molar-refractivity contribution in [1.29, 1.82) is 0 Å². The third-order valence-electron chi connectivity index (χ3n) is 4.58. The second-order valence-electron chi connectivity index (χ2n) is 6.67. The molecule has 0 saturated carbocycles. The average Bonchev–Trinajstić information content (AvgIpc) is 2.69. The lowest BCUT2D eigenvalue weighted by atomic mass is 10.2. The van der Waals surface area contributed by atoms with Crippen LogP contribution in [0.1, 0.15) is 11.3 Å². The van der Waals surface area contributed by atoms with Gasteiger partial charge in [-0.2, -0.15) is 0 Å². The fourth-order valence-electron chi connectivity index (χ4n) is 3.10. The highest BCUT2D eigenvalue weighted by atomic mass is 35.5. The van der Waals surface area contributed by atoms with Crippen molar-refractivity contribution in [2.75, 3.05) is 0 Å². The molecule has 0 atom stereocenters. The van der Waals surface area contributed by atoms with E-state index in [-0.39, 0.29) is 28.2 Å². The Morgan fingerprint density at radius 1 is 1.13 bits per heavy atom. The van der Waals surface area contributed by atoms with E-state index >= 15 is 0 Å². The molecule has 2 aromatic heterocycles. The lowest BCUT2D eigenvalue weighted by Gasteiger charge is -2.13. The quantitative estimate of drug-likeness (QED) is 0.482. The Bertz CT molecular complexity index is 1380. The Kier molecular flexibility index (Phi) is 5.40. The van der Waals surface area contributed by atoms with Crippen LogP contribution in [0.3, 0.4) is 0 Å². The predicted octanol–water partition coefficient (Wildman–Crippen LogP) is 4.96. The summed E-state index contributed by atoms with van der Waals surface area (Å²) in [5.41, 5.74) is -0.00431. The summed E-state index contributed by atoms with van der Waals surface area (Å²) in [7, 11) is 0. The first kappa shape index (κ1) is 20.3. The molecule has 0 aliphatic carbocycles. The molecule has 1 N–H and O–H groups in total. The van der Waals surface area contributed by atoms with Crippen LogP contribution >= 0.6 is 23.4 Å². The average molecular weight is 444 g/mol. The number of fused-ring (bicyclic) bond motifs is 1. The van der Waals surface area contributed by atoms with Crippen LogP contribution in [-0.4, -0.2) is 9.67 Å². The van der Waals surface area contributed by atoms with Gasteiger partial charge in [0.25, 0.3) is 5.56 Å². The molecule has 8 heteroatoms. The normalized spacial score (nSPS) is 11.2. The highest BCUT2D eigenvalue weighted by Crippen LogP contribution is 2.36. The Hall–Kier alpha value is -3.03. The molecule has 0 aliphatic heterocycles. The second kappa shape index (κ2) is 8.01. The number of benzene rings is 2. The molecule has 2 aromatic carbocycles. The van der Waals surface area contributed by atoms with Crippen molar-refractivity contribution in [3.8, 4) is 5.75 Å². The van der Waals surface area contributed by atoms with Gasteiger partial charge >= 0.3 is 5.63 Å². The molecule has 4 aromatic rings. The predicted molar refractivity (Wildman–Crippen MR) is 114 cm³/mol. The van der Waals surface area contributed by atoms with E-state index in [4.69, 9.17) is 16.0 Å². The summed E-state index contributed by atoms with van der Waals surface area (Å²) >= 11 is 6.95. The third kappa shape index (κ3) is 3.86. The highest BCUT2D eigenvalue weighted by molar-refractivity contribution is 7.99. The van der Waals surface area contributed by atoms with Crippen molar-refractivity contribution in [3.63, 3.8) is 0 Å². The first-order valence-corrected chi connectivity index (χ1v) is 10.1. The van der Waals surface area contributed by atoms with Crippen molar-refractivity contribution in [2.24, 2.45) is 0 Å². The maximum absolute atomic E-state index is 13.2. The number of aromatic nitrogens is 1. The van der Waals surface area contributed by atoms with Gasteiger partial charge in [-0.3, -0.25) is 4.79 Å². The zero-order valence-electron chi connectivity index (χ0n) is 15.7. The van der Waals surface area contributed by atoms with Crippen LogP contribution in [0.2, 0.25) is 5.02 Å². The molecule has 5 nitrogen and oxygen atoms in total. The molecule has 0 aliphatic rings. The first-order chi connectivity index (χ1) is 14.3. The summed E-state index contributed by atoms with van der Waals surface area (Å²) in [5, 5.41) is 11.2. The van der Waals surface area contributed by atoms with Gasteiger partial charge in [-0.15, -0.1) is 0 Å². The molecule has 0 unspecified atom stereocenters. The van der Waals surface area contributed by atoms with Crippen molar-refractivity contribution >= 4 is 34.3 Å². The standard InChI is InChI=1S/C22H15ClFNO4S/c1-12-9-17-18(21(27)25(12)11-13-5-7-15(24)8-6-13)19(26)20(22(28)29-17)30-16-4-2-3-14(23)10-16/h2-10,26H,11H2,1H3. The molecule has 0 radical (unpaired) electrons. The smallest absolute Gasteiger partial charge is 0.354 e. The van der Waals surface area contributed by atoms with Gasteiger partial charge in [0.05, 0.1) is 6.54 Å². The van der Waals surface area contributed by atoms with Crippen LogP contribution in [-0.2, 0) is 6.54 Å². The molecule has 0 saturated heterocycles. The largest absolute Gasteiger partial charge is 0.505 e. The van der Waals surface area contributed by atoms with Gasteiger partial charge < -0.3 is 14.1 Å². The molecule has 0 amide bonds. The summed E-state index contributed by atoms with van der Waals surface area (Å²) in [6, 6.07) is 14.1. The van der Waals surface area contributed by atoms with Gasteiger partial charge in [0.15, 0.2) is 5.75 Å². The number of aryl methyl sites for hydroxylation is 1. The van der Waals surface area contributed by atoms with Crippen LogP contribution in [0.5, 0.6) is 5.75 Å². The molecule has 0 spiro atoms. The lowest BCUT2D eigenvalue weighted by Crippen LogP contribution is -2.24. The number of nitrogens with zero attached hydrogens (tertiary/aromatic N) is 1. The van der Waals surface area contributed by atoms with Crippen molar-refractivity contribution in [1.82, 2.24) is 4.57 Å². The maximum atomic E-state index is 13.2. The summed E-state index contributed by atoms with van der Waals surface area (Å²) in [6.07, 6.45) is 0. The number of pyridine rings is 1. The fourth-order valence-corrected chi connectivity index (χ4v) is 4.25. The van der Waals surface area contributed by atoms with Crippen LogP contribution in [0.4, 0.5) is 4.39 Å². The Morgan fingerprint density at radius 2 is 1.87 bits per heavy atom. The lowest BCUT2D eigenvalue weighted by molar-refractivity contribution is 0.445. The van der Waals surface area contributed by atoms with E-state index in [9.17, 15) is 19.1 Å². The highest BCUT2D eigenvalue weighted by Gasteiger charge is 2.20. The molecule has 2 heterocycles. The summed E-state index contributed by atoms with van der Waals surface area (Å²) in [6.45, 7) is 1.87. The van der Waals surface area contributed by atoms with Crippen molar-refractivity contribution in [2.45, 2.75) is 23.3 Å². The van der Waals surface area contributed by atoms with E-state index in [1.807, 2.05) is 0 Å². The van der Waals surface area contributed by atoms with E-state index in [1.165, 1.54) is 22.8 Å². The Balaban J connectivity index is 1.85. The number of halogens is 2. The van der Waals surface area contributed by atoms with Gasteiger partial charge in [0.2, 0.25) is 0 Å². The van der Waals surface area contributed by atoms with Crippen molar-refractivity contribution < 1.29 is 13.9 Å². The fraction of sp³-hybridized carbons (Fsp3) is 0.0909. The Labute approximate surface area is 179 Å². The van der Waals surface area contributed by atoms with Gasteiger partial charge in [0, 0.05) is 21.7 Å². The Morgan fingerprint density at radius 3 is 2.57 bits per heavy atom. The zero-order valence-corrected chi connectivity index (χ0v) is 17.3. The van der Waals surface area contributed by atoms with Gasteiger partial charge in [0.1, 0.15) is 21.7 Å². The minimum atomic E-state index is -0.750. The topological polar surface area (TPSA) is 72.4 Å². The van der Waals surface area contributed by atoms with Gasteiger partial charge in [-0.1, -0.05) is 41.6 Å². The van der Waals surface area contributed by atoms with Gasteiger partial charge in [-0.25, -0.2) is 9.18 Å². The number of aromatic hydroxyl groups is 1. The summed E-state index contributed by atoms with van der Waals surface area (Å²) < 4.78 is 19.9. The third-order valence-corrected chi connectivity index (χ3v) is 5.87. The molecule has 0 fully saturated rings. The van der Waals surface area contributed by atoms with Crippen LogP contribution in [0.25, 0.3) is 11.0 Å². The maximum Gasteiger partial charge on any atom is 0.354 e. The zero-order chi connectivity index (χ0) is 21.4. The SMILES string of the molecule is Cc1cc2oc(=O)c(Sc3cccc(Cl)c3)c(O)c2c(=O)n1Cc1ccc(F)cc1. The molecule has 152 valence electrons. The van der Waals surface area contributed by atoms with E-state index in [0.717, 1.165) is 11.8 Å². The molecule has 0 bridgehead atoms. The number of hydrogen-bond acceptors (Lipinski definition) is 5. The number of hydrogen-bond donors (Lipinski definition) is 1. The van der Waals surface area contributed by atoms with E-state index in [2.05, 4.69) is 0 Å². The van der Waals surface area contributed by atoms with E-state index < -0.39 is 16.9 Å². The van der Waals surface area contributed by atoms with E-state index in [1.54, 1.807) is 43.3 Å². The summed E-state index contributed by atoms with van der Waals surface area (Å²) in [5.74, 6) is -0.812. The first-order valence-electron chi connectivity index (χ1n) is 8.91. The number of rotatable bonds is 4. The van der Waals surface area contributed by atoms with Crippen molar-refractivity contribution in [3.05, 3.63) is 97.5 Å². The minimum Gasteiger partial charge on any atom is -0.505 e. The molecular formula is C22H15ClFNO4S. The van der Waals surface area contributed by atoms with Crippen LogP contribution in [0.15, 0.2) is 78.4 Å². The molecular weight excluding hydrogens is 429 g/mol. The van der Waals surface area contributed by atoms with E-state index in [0.29, 0.717) is 21.2 Å².